The highest BCUT2D eigenvalue weighted by Gasteiger charge is 2.01. The zero-order valence-corrected chi connectivity index (χ0v) is 10.7. The normalized spacial score (nSPS) is 9.75. The molecule has 0 unspecified atom stereocenters. The van der Waals surface area contributed by atoms with Gasteiger partial charge >= 0.3 is 0 Å². The minimum atomic E-state index is 0.426. The van der Waals surface area contributed by atoms with Crippen molar-refractivity contribution in [3.8, 4) is 6.07 Å². The van der Waals surface area contributed by atoms with Gasteiger partial charge < -0.3 is 5.32 Å². The third-order valence-corrected chi connectivity index (χ3v) is 3.91. The van der Waals surface area contributed by atoms with E-state index < -0.39 is 0 Å². The summed E-state index contributed by atoms with van der Waals surface area (Å²) in [7, 11) is 0. The zero-order chi connectivity index (χ0) is 11.4. The number of aromatic nitrogens is 1. The van der Waals surface area contributed by atoms with Crippen molar-refractivity contribution in [2.75, 3.05) is 5.32 Å². The highest BCUT2D eigenvalue weighted by atomic mass is 79.9. The van der Waals surface area contributed by atoms with E-state index in [0.717, 1.165) is 10.3 Å². The molecule has 0 amide bonds. The van der Waals surface area contributed by atoms with E-state index in [0.29, 0.717) is 12.2 Å². The number of nitrogens with one attached hydrogen (secondary N) is 1. The molecule has 2 aromatic heterocycles. The van der Waals surface area contributed by atoms with Gasteiger partial charge in [0.15, 0.2) is 0 Å². The predicted molar refractivity (Wildman–Crippen MR) is 68.3 cm³/mol. The fourth-order valence-corrected chi connectivity index (χ4v) is 2.65. The Hall–Kier alpha value is -1.38. The second-order valence-corrected chi connectivity index (χ2v) is 4.92. The molecule has 0 aliphatic rings. The third kappa shape index (κ3) is 2.60. The van der Waals surface area contributed by atoms with Gasteiger partial charge in [0.1, 0.15) is 17.6 Å². The van der Waals surface area contributed by atoms with Crippen molar-refractivity contribution in [3.05, 3.63) is 44.7 Å². The first-order chi connectivity index (χ1) is 7.79. The molecule has 2 heterocycles. The maximum absolute atomic E-state index is 8.71. The SMILES string of the molecule is N#Cc1cccc(NCc2sccc2Br)n1. The van der Waals surface area contributed by atoms with Crippen molar-refractivity contribution in [1.82, 2.24) is 4.98 Å². The molecule has 0 atom stereocenters. The Bertz CT molecular complexity index is 530. The highest BCUT2D eigenvalue weighted by molar-refractivity contribution is 9.10. The van der Waals surface area contributed by atoms with Crippen LogP contribution in [0.2, 0.25) is 0 Å². The van der Waals surface area contributed by atoms with Crippen LogP contribution in [0.5, 0.6) is 0 Å². The Labute approximate surface area is 106 Å². The summed E-state index contributed by atoms with van der Waals surface area (Å²) in [6.07, 6.45) is 0. The lowest BCUT2D eigenvalue weighted by Crippen LogP contribution is -2.00. The molecule has 0 aromatic carbocycles. The van der Waals surface area contributed by atoms with Crippen molar-refractivity contribution < 1.29 is 0 Å². The van der Waals surface area contributed by atoms with E-state index in [-0.39, 0.29) is 0 Å². The Morgan fingerprint density at radius 3 is 3.00 bits per heavy atom. The molecule has 16 heavy (non-hydrogen) atoms. The van der Waals surface area contributed by atoms with E-state index in [9.17, 15) is 0 Å². The van der Waals surface area contributed by atoms with E-state index in [1.807, 2.05) is 29.6 Å². The number of hydrogen-bond acceptors (Lipinski definition) is 4. The van der Waals surface area contributed by atoms with Crippen LogP contribution in [0.1, 0.15) is 10.6 Å². The van der Waals surface area contributed by atoms with Crippen molar-refractivity contribution in [3.63, 3.8) is 0 Å². The molecule has 0 saturated carbocycles. The third-order valence-electron chi connectivity index (χ3n) is 1.98. The lowest BCUT2D eigenvalue weighted by molar-refractivity contribution is 1.12. The van der Waals surface area contributed by atoms with Crippen LogP contribution in [0.3, 0.4) is 0 Å². The Balaban J connectivity index is 2.05. The Kier molecular flexibility index (Phi) is 3.54. The van der Waals surface area contributed by atoms with Gasteiger partial charge in [-0.3, -0.25) is 0 Å². The number of nitriles is 1. The monoisotopic (exact) mass is 293 g/mol. The van der Waals surface area contributed by atoms with Crippen molar-refractivity contribution in [2.45, 2.75) is 6.54 Å². The molecule has 0 bridgehead atoms. The van der Waals surface area contributed by atoms with E-state index in [1.54, 1.807) is 17.4 Å². The van der Waals surface area contributed by atoms with Gasteiger partial charge in [0.25, 0.3) is 0 Å². The molecule has 0 fully saturated rings. The van der Waals surface area contributed by atoms with Crippen LogP contribution in [-0.4, -0.2) is 4.98 Å². The standard InChI is InChI=1S/C11H8BrN3S/c12-9-4-5-16-10(9)7-14-11-3-1-2-8(6-13)15-11/h1-5H,7H2,(H,14,15). The summed E-state index contributed by atoms with van der Waals surface area (Å²) in [6, 6.07) is 9.38. The number of anilines is 1. The van der Waals surface area contributed by atoms with Crippen LogP contribution >= 0.6 is 27.3 Å². The van der Waals surface area contributed by atoms with Gasteiger partial charge in [-0.05, 0) is 39.5 Å². The summed E-state index contributed by atoms with van der Waals surface area (Å²) < 4.78 is 1.10. The van der Waals surface area contributed by atoms with Crippen LogP contribution in [0.15, 0.2) is 34.1 Å². The first kappa shape index (κ1) is 11.1. The smallest absolute Gasteiger partial charge is 0.142 e. The fourth-order valence-electron chi connectivity index (χ4n) is 1.22. The lowest BCUT2D eigenvalue weighted by atomic mass is 10.3. The topological polar surface area (TPSA) is 48.7 Å². The second kappa shape index (κ2) is 5.10. The van der Waals surface area contributed by atoms with Crippen LogP contribution in [0.25, 0.3) is 0 Å². The van der Waals surface area contributed by atoms with Gasteiger partial charge in [0, 0.05) is 9.35 Å². The average molecular weight is 294 g/mol. The Morgan fingerprint density at radius 2 is 2.31 bits per heavy atom. The molecule has 0 saturated heterocycles. The second-order valence-electron chi connectivity index (χ2n) is 3.07. The molecule has 0 radical (unpaired) electrons. The van der Waals surface area contributed by atoms with Crippen molar-refractivity contribution >= 4 is 33.1 Å². The maximum Gasteiger partial charge on any atom is 0.142 e. The number of halogens is 1. The summed E-state index contributed by atoms with van der Waals surface area (Å²) in [5.41, 5.74) is 0.426. The van der Waals surface area contributed by atoms with E-state index >= 15 is 0 Å². The molecular weight excluding hydrogens is 286 g/mol. The van der Waals surface area contributed by atoms with E-state index in [1.165, 1.54) is 4.88 Å². The molecule has 2 aromatic rings. The summed E-state index contributed by atoms with van der Waals surface area (Å²) in [5.74, 6) is 0.722. The summed E-state index contributed by atoms with van der Waals surface area (Å²) in [6.45, 7) is 0.708. The van der Waals surface area contributed by atoms with E-state index in [2.05, 4.69) is 26.2 Å². The van der Waals surface area contributed by atoms with Crippen LogP contribution < -0.4 is 5.32 Å². The fraction of sp³-hybridized carbons (Fsp3) is 0.0909. The minimum absolute atomic E-state index is 0.426. The lowest BCUT2D eigenvalue weighted by Gasteiger charge is -2.04. The van der Waals surface area contributed by atoms with E-state index in [4.69, 9.17) is 5.26 Å². The largest absolute Gasteiger partial charge is 0.365 e. The first-order valence-electron chi connectivity index (χ1n) is 4.62. The number of nitrogens with zero attached hydrogens (tertiary/aromatic N) is 2. The zero-order valence-electron chi connectivity index (χ0n) is 8.27. The highest BCUT2D eigenvalue weighted by Crippen LogP contribution is 2.23. The van der Waals surface area contributed by atoms with Gasteiger partial charge in [-0.25, -0.2) is 4.98 Å². The first-order valence-corrected chi connectivity index (χ1v) is 6.30. The number of thiophene rings is 1. The van der Waals surface area contributed by atoms with Gasteiger partial charge in [-0.15, -0.1) is 11.3 Å². The van der Waals surface area contributed by atoms with Crippen molar-refractivity contribution in [2.24, 2.45) is 0 Å². The average Bonchev–Trinajstić information content (AvgIpc) is 2.72. The summed E-state index contributed by atoms with van der Waals surface area (Å²) >= 11 is 5.14. The van der Waals surface area contributed by atoms with Gasteiger partial charge in [0.2, 0.25) is 0 Å². The van der Waals surface area contributed by atoms with Crippen LogP contribution in [-0.2, 0) is 6.54 Å². The quantitative estimate of drug-likeness (QED) is 0.944. The molecule has 3 nitrogen and oxygen atoms in total. The Morgan fingerprint density at radius 1 is 1.44 bits per heavy atom. The summed E-state index contributed by atoms with van der Waals surface area (Å²) in [4.78, 5) is 5.35. The van der Waals surface area contributed by atoms with Crippen LogP contribution in [0, 0.1) is 11.3 Å². The number of rotatable bonds is 3. The summed E-state index contributed by atoms with van der Waals surface area (Å²) in [5, 5.41) is 13.9. The maximum atomic E-state index is 8.71. The molecule has 0 aliphatic carbocycles. The van der Waals surface area contributed by atoms with Crippen LogP contribution in [0.4, 0.5) is 5.82 Å². The molecule has 0 aliphatic heterocycles. The van der Waals surface area contributed by atoms with Gasteiger partial charge in [0.05, 0.1) is 6.54 Å². The molecule has 80 valence electrons. The van der Waals surface area contributed by atoms with Crippen molar-refractivity contribution in [1.29, 1.82) is 5.26 Å². The molecule has 0 spiro atoms. The van der Waals surface area contributed by atoms with Gasteiger partial charge in [-0.1, -0.05) is 6.07 Å². The molecule has 1 N–H and O–H groups in total. The number of hydrogen-bond donors (Lipinski definition) is 1. The number of pyridine rings is 1. The molecular formula is C11H8BrN3S. The minimum Gasteiger partial charge on any atom is -0.365 e. The molecule has 5 heteroatoms. The predicted octanol–water partition coefficient (Wildman–Crippen LogP) is 3.39. The van der Waals surface area contributed by atoms with Gasteiger partial charge in [-0.2, -0.15) is 5.26 Å². The molecule has 2 rings (SSSR count).